The molecule has 0 aliphatic carbocycles. The van der Waals surface area contributed by atoms with Crippen molar-refractivity contribution >= 4 is 11.5 Å². The Morgan fingerprint density at radius 1 is 1.53 bits per heavy atom. The van der Waals surface area contributed by atoms with Crippen molar-refractivity contribution in [3.8, 4) is 0 Å². The summed E-state index contributed by atoms with van der Waals surface area (Å²) in [5.74, 6) is 1.04. The van der Waals surface area contributed by atoms with Crippen LogP contribution in [0, 0.1) is 6.92 Å². The lowest BCUT2D eigenvalue weighted by Crippen LogP contribution is -2.29. The molecule has 0 aromatic carbocycles. The van der Waals surface area contributed by atoms with E-state index in [1.54, 1.807) is 0 Å². The molecule has 1 aromatic heterocycles. The molecule has 0 spiro atoms. The summed E-state index contributed by atoms with van der Waals surface area (Å²) in [5.41, 5.74) is 7.43. The number of nitrogens with zero attached hydrogens (tertiary/aromatic N) is 2. The van der Waals surface area contributed by atoms with E-state index >= 15 is 0 Å². The quantitative estimate of drug-likeness (QED) is 0.750. The van der Waals surface area contributed by atoms with Crippen LogP contribution in [0.4, 0.5) is 11.5 Å². The normalized spacial score (nSPS) is 20.9. The lowest BCUT2D eigenvalue weighted by molar-refractivity contribution is 0.616. The molecule has 1 fully saturated rings. The molecule has 0 amide bonds. The molecule has 0 bridgehead atoms. The van der Waals surface area contributed by atoms with Crippen LogP contribution in [0.25, 0.3) is 0 Å². The first-order valence-corrected chi connectivity index (χ1v) is 5.36. The van der Waals surface area contributed by atoms with E-state index in [2.05, 4.69) is 15.2 Å². The first-order valence-electron chi connectivity index (χ1n) is 5.36. The summed E-state index contributed by atoms with van der Waals surface area (Å²) in [6.07, 6.45) is 1.18. The van der Waals surface area contributed by atoms with Gasteiger partial charge in [-0.1, -0.05) is 0 Å². The smallest absolute Gasteiger partial charge is 0.129 e. The zero-order valence-corrected chi connectivity index (χ0v) is 9.33. The molecule has 1 aliphatic heterocycles. The third kappa shape index (κ3) is 2.04. The van der Waals surface area contributed by atoms with Gasteiger partial charge < -0.3 is 16.0 Å². The molecule has 2 heterocycles. The van der Waals surface area contributed by atoms with Gasteiger partial charge in [0, 0.05) is 19.1 Å². The summed E-state index contributed by atoms with van der Waals surface area (Å²) in [6.45, 7) is 4.05. The van der Waals surface area contributed by atoms with Gasteiger partial charge in [-0.2, -0.15) is 0 Å². The lowest BCUT2D eigenvalue weighted by Gasteiger charge is -2.18. The van der Waals surface area contributed by atoms with Crippen LogP contribution in [0.1, 0.15) is 12.1 Å². The van der Waals surface area contributed by atoms with Crippen LogP contribution in [0.3, 0.4) is 0 Å². The second kappa shape index (κ2) is 4.06. The predicted octanol–water partition coefficient (Wildman–Crippen LogP) is 0.770. The van der Waals surface area contributed by atoms with Crippen LogP contribution in [0.2, 0.25) is 0 Å². The van der Waals surface area contributed by atoms with Gasteiger partial charge in [0.25, 0.3) is 0 Å². The number of pyridine rings is 1. The van der Waals surface area contributed by atoms with Crippen LogP contribution >= 0.6 is 0 Å². The Morgan fingerprint density at radius 3 is 2.93 bits per heavy atom. The summed E-state index contributed by atoms with van der Waals surface area (Å²) in [5, 5.41) is 3.30. The van der Waals surface area contributed by atoms with Gasteiger partial charge in [0.05, 0.1) is 11.4 Å². The molecule has 1 atom stereocenters. The van der Waals surface area contributed by atoms with E-state index in [-0.39, 0.29) is 0 Å². The van der Waals surface area contributed by atoms with Crippen molar-refractivity contribution in [3.05, 3.63) is 17.8 Å². The first-order chi connectivity index (χ1) is 7.20. The number of nitrogens with two attached hydrogens (primary N) is 1. The molecule has 2 rings (SSSR count). The van der Waals surface area contributed by atoms with Crippen molar-refractivity contribution in [1.29, 1.82) is 0 Å². The van der Waals surface area contributed by atoms with Gasteiger partial charge in [0.1, 0.15) is 5.82 Å². The average molecular weight is 206 g/mol. The fourth-order valence-corrected chi connectivity index (χ4v) is 1.94. The van der Waals surface area contributed by atoms with Gasteiger partial charge in [0.2, 0.25) is 0 Å². The predicted molar refractivity (Wildman–Crippen MR) is 63.1 cm³/mol. The molecule has 1 aliphatic rings. The molecular weight excluding hydrogens is 188 g/mol. The van der Waals surface area contributed by atoms with Crippen LogP contribution < -0.4 is 16.0 Å². The minimum Gasteiger partial charge on any atom is -0.397 e. The largest absolute Gasteiger partial charge is 0.397 e. The highest BCUT2D eigenvalue weighted by Crippen LogP contribution is 2.20. The van der Waals surface area contributed by atoms with E-state index in [1.807, 2.05) is 26.1 Å². The molecule has 82 valence electrons. The fraction of sp³-hybridized carbons (Fsp3) is 0.545. The number of likely N-dealkylation sites (N-methyl/N-ethyl adjacent to an activating group) is 1. The van der Waals surface area contributed by atoms with Crippen molar-refractivity contribution in [1.82, 2.24) is 10.3 Å². The van der Waals surface area contributed by atoms with Gasteiger partial charge in [0.15, 0.2) is 0 Å². The number of aromatic nitrogens is 1. The van der Waals surface area contributed by atoms with Gasteiger partial charge in [-0.15, -0.1) is 0 Å². The van der Waals surface area contributed by atoms with Gasteiger partial charge in [-0.3, -0.25) is 0 Å². The maximum Gasteiger partial charge on any atom is 0.129 e. The van der Waals surface area contributed by atoms with Gasteiger partial charge >= 0.3 is 0 Å². The molecule has 1 aromatic rings. The van der Waals surface area contributed by atoms with Crippen molar-refractivity contribution < 1.29 is 0 Å². The van der Waals surface area contributed by atoms with Crippen molar-refractivity contribution in [2.45, 2.75) is 19.4 Å². The Hall–Kier alpha value is -1.29. The third-order valence-electron chi connectivity index (χ3n) is 3.03. The number of nitrogen functional groups attached to an aromatic ring is 1. The summed E-state index contributed by atoms with van der Waals surface area (Å²) < 4.78 is 0. The van der Waals surface area contributed by atoms with Crippen molar-refractivity contribution in [2.24, 2.45) is 0 Å². The number of aryl methyl sites for hydroxylation is 1. The van der Waals surface area contributed by atoms with Crippen LogP contribution in [-0.2, 0) is 0 Å². The number of hydrogen-bond acceptors (Lipinski definition) is 4. The number of hydrogen-bond donors (Lipinski definition) is 2. The maximum absolute atomic E-state index is 5.75. The van der Waals surface area contributed by atoms with E-state index in [1.165, 1.54) is 6.42 Å². The Balaban J connectivity index is 2.13. The number of anilines is 2. The molecule has 4 heteroatoms. The molecule has 0 radical (unpaired) electrons. The van der Waals surface area contributed by atoms with E-state index < -0.39 is 0 Å². The maximum atomic E-state index is 5.75. The fourth-order valence-electron chi connectivity index (χ4n) is 1.94. The third-order valence-corrected chi connectivity index (χ3v) is 3.03. The van der Waals surface area contributed by atoms with Crippen molar-refractivity contribution in [3.63, 3.8) is 0 Å². The molecule has 3 N–H and O–H groups in total. The monoisotopic (exact) mass is 206 g/mol. The molecule has 0 saturated carbocycles. The van der Waals surface area contributed by atoms with E-state index in [0.717, 1.165) is 30.3 Å². The Morgan fingerprint density at radius 2 is 2.33 bits per heavy atom. The highest BCUT2D eigenvalue weighted by molar-refractivity contribution is 5.51. The van der Waals surface area contributed by atoms with Gasteiger partial charge in [-0.05, 0) is 32.5 Å². The standard InChI is InChI=1S/C11H18N4/c1-8-10(12)3-4-11(14-8)15-6-5-9(7-15)13-2/h3-4,9,13H,5-7,12H2,1-2H3/t9-/m0/s1. The minimum absolute atomic E-state index is 0.588. The van der Waals surface area contributed by atoms with E-state index in [9.17, 15) is 0 Å². The first kappa shape index (κ1) is 10.2. The molecule has 4 nitrogen and oxygen atoms in total. The average Bonchev–Trinajstić information content (AvgIpc) is 2.70. The Labute approximate surface area is 90.5 Å². The van der Waals surface area contributed by atoms with Crippen LogP contribution in [-0.4, -0.2) is 31.2 Å². The van der Waals surface area contributed by atoms with E-state index in [4.69, 9.17) is 5.73 Å². The summed E-state index contributed by atoms with van der Waals surface area (Å²) >= 11 is 0. The lowest BCUT2D eigenvalue weighted by atomic mass is 10.3. The summed E-state index contributed by atoms with van der Waals surface area (Å²) in [4.78, 5) is 6.80. The minimum atomic E-state index is 0.588. The second-order valence-corrected chi connectivity index (χ2v) is 4.06. The van der Waals surface area contributed by atoms with Crippen molar-refractivity contribution in [2.75, 3.05) is 30.8 Å². The summed E-state index contributed by atoms with van der Waals surface area (Å²) in [6, 6.07) is 4.52. The zero-order chi connectivity index (χ0) is 10.8. The zero-order valence-electron chi connectivity index (χ0n) is 9.33. The van der Waals surface area contributed by atoms with Gasteiger partial charge in [-0.25, -0.2) is 4.98 Å². The molecule has 0 unspecified atom stereocenters. The highest BCUT2D eigenvalue weighted by Gasteiger charge is 2.21. The topological polar surface area (TPSA) is 54.2 Å². The molecule has 15 heavy (non-hydrogen) atoms. The van der Waals surface area contributed by atoms with E-state index in [0.29, 0.717) is 6.04 Å². The van der Waals surface area contributed by atoms with Crippen LogP contribution in [0.5, 0.6) is 0 Å². The second-order valence-electron chi connectivity index (χ2n) is 4.06. The highest BCUT2D eigenvalue weighted by atomic mass is 15.2. The number of nitrogens with one attached hydrogen (secondary N) is 1. The van der Waals surface area contributed by atoms with Crippen LogP contribution in [0.15, 0.2) is 12.1 Å². The SMILES string of the molecule is CN[C@H]1CCN(c2ccc(N)c(C)n2)C1. The number of rotatable bonds is 2. The molecular formula is C11H18N4. The Kier molecular flexibility index (Phi) is 2.77. The summed E-state index contributed by atoms with van der Waals surface area (Å²) in [7, 11) is 2.01. The molecule has 1 saturated heterocycles. The Bertz CT molecular complexity index is 350.